The van der Waals surface area contributed by atoms with Crippen LogP contribution in [0.4, 0.5) is 0 Å². The number of hydrogen-bond acceptors (Lipinski definition) is 6. The van der Waals surface area contributed by atoms with Gasteiger partial charge in [-0.05, 0) is 68.1 Å². The van der Waals surface area contributed by atoms with E-state index in [0.29, 0.717) is 6.54 Å². The summed E-state index contributed by atoms with van der Waals surface area (Å²) in [6.45, 7) is 2.76. The third-order valence-electron chi connectivity index (χ3n) is 5.97. The van der Waals surface area contributed by atoms with Gasteiger partial charge in [-0.15, -0.1) is 0 Å². The summed E-state index contributed by atoms with van der Waals surface area (Å²) in [5.74, 6) is 0.105. The Morgan fingerprint density at radius 2 is 1.79 bits per heavy atom. The number of hydrogen-bond donors (Lipinski definition) is 1. The first-order valence-corrected chi connectivity index (χ1v) is 12.0. The quantitative estimate of drug-likeness (QED) is 0.442. The van der Waals surface area contributed by atoms with E-state index >= 15 is 0 Å². The first-order chi connectivity index (χ1) is 16.5. The second-order valence-electron chi connectivity index (χ2n) is 8.64. The van der Waals surface area contributed by atoms with Crippen molar-refractivity contribution in [3.8, 4) is 11.5 Å². The van der Waals surface area contributed by atoms with E-state index in [0.717, 1.165) is 55.8 Å². The molecule has 1 atom stereocenters. The molecule has 7 heteroatoms. The number of piperidine rings is 1. The van der Waals surface area contributed by atoms with Crippen molar-refractivity contribution in [1.82, 2.24) is 4.90 Å². The van der Waals surface area contributed by atoms with Crippen LogP contribution in [0.2, 0.25) is 0 Å². The first-order valence-electron chi connectivity index (χ1n) is 12.0. The Labute approximate surface area is 201 Å². The molecule has 0 aliphatic carbocycles. The molecule has 7 nitrogen and oxygen atoms in total. The van der Waals surface area contributed by atoms with Gasteiger partial charge in [0.2, 0.25) is 0 Å². The van der Waals surface area contributed by atoms with Crippen molar-refractivity contribution in [3.63, 3.8) is 0 Å². The van der Waals surface area contributed by atoms with Crippen LogP contribution in [-0.2, 0) is 27.2 Å². The van der Waals surface area contributed by atoms with Crippen molar-refractivity contribution in [2.75, 3.05) is 33.4 Å². The molecule has 34 heavy (non-hydrogen) atoms. The average Bonchev–Trinajstić information content (AvgIpc) is 2.86. The lowest BCUT2D eigenvalue weighted by molar-refractivity contribution is -0.154. The smallest absolute Gasteiger partial charge is 0.306 e. The molecule has 0 radical (unpaired) electrons. The minimum Gasteiger partial charge on any atom is -0.497 e. The van der Waals surface area contributed by atoms with Crippen LogP contribution in [0, 0.1) is 0 Å². The summed E-state index contributed by atoms with van der Waals surface area (Å²) in [5.41, 5.74) is 2.27. The number of carboxylic acid groups (broad SMARTS) is 1. The van der Waals surface area contributed by atoms with Crippen LogP contribution in [0.1, 0.15) is 43.2 Å². The maximum atomic E-state index is 12.2. The summed E-state index contributed by atoms with van der Waals surface area (Å²) in [7, 11) is 1.66. The highest BCUT2D eigenvalue weighted by Crippen LogP contribution is 2.22. The number of aliphatic carboxylic acids is 1. The summed E-state index contributed by atoms with van der Waals surface area (Å²) >= 11 is 0. The predicted molar refractivity (Wildman–Crippen MR) is 129 cm³/mol. The van der Waals surface area contributed by atoms with Gasteiger partial charge < -0.3 is 19.3 Å². The third kappa shape index (κ3) is 8.71. The number of carboxylic acids is 1. The zero-order valence-electron chi connectivity index (χ0n) is 19.9. The van der Waals surface area contributed by atoms with E-state index in [-0.39, 0.29) is 19.4 Å². The lowest BCUT2D eigenvalue weighted by Crippen LogP contribution is -2.41. The van der Waals surface area contributed by atoms with Crippen molar-refractivity contribution in [2.45, 2.75) is 51.0 Å². The van der Waals surface area contributed by atoms with E-state index < -0.39 is 18.0 Å². The van der Waals surface area contributed by atoms with E-state index in [1.807, 2.05) is 42.5 Å². The summed E-state index contributed by atoms with van der Waals surface area (Å²) in [6.07, 6.45) is 4.31. The van der Waals surface area contributed by atoms with Crippen molar-refractivity contribution in [3.05, 3.63) is 59.7 Å². The van der Waals surface area contributed by atoms with Crippen molar-refractivity contribution in [2.24, 2.45) is 0 Å². The predicted octanol–water partition coefficient (Wildman–Crippen LogP) is 4.12. The number of benzene rings is 2. The molecule has 1 aliphatic rings. The summed E-state index contributed by atoms with van der Waals surface area (Å²) in [5, 5.41) is 8.85. The molecule has 0 bridgehead atoms. The Bertz CT molecular complexity index is 925. The number of likely N-dealkylation sites (tertiary alicyclic amines) is 1. The van der Waals surface area contributed by atoms with Gasteiger partial charge in [0.1, 0.15) is 24.2 Å². The van der Waals surface area contributed by atoms with Crippen LogP contribution >= 0.6 is 0 Å². The van der Waals surface area contributed by atoms with Gasteiger partial charge in [0, 0.05) is 6.54 Å². The number of carbonyl (C=O) groups excluding carboxylic acids is 1. The zero-order chi connectivity index (χ0) is 24.2. The summed E-state index contributed by atoms with van der Waals surface area (Å²) < 4.78 is 17.1. The Kier molecular flexibility index (Phi) is 10.2. The van der Waals surface area contributed by atoms with Crippen LogP contribution in [0.5, 0.6) is 11.5 Å². The lowest BCUT2D eigenvalue weighted by Gasteiger charge is -2.30. The SMILES string of the molecule is COc1cccc(CCc2ccccc2OCC(CN2CCCCC2)OC(=O)CCC(=O)O)c1. The molecule has 0 aromatic heterocycles. The topological polar surface area (TPSA) is 85.3 Å². The molecule has 3 rings (SSSR count). The monoisotopic (exact) mass is 469 g/mol. The van der Waals surface area contributed by atoms with Crippen molar-refractivity contribution >= 4 is 11.9 Å². The third-order valence-corrected chi connectivity index (χ3v) is 5.97. The average molecular weight is 470 g/mol. The Hall–Kier alpha value is -3.06. The van der Waals surface area contributed by atoms with Gasteiger partial charge in [0.15, 0.2) is 0 Å². The first kappa shape index (κ1) is 25.6. The molecule has 1 unspecified atom stereocenters. The molecular formula is C27H35NO6. The molecule has 1 aliphatic heterocycles. The number of aryl methyl sites for hydroxylation is 2. The molecule has 1 heterocycles. The van der Waals surface area contributed by atoms with E-state index in [1.165, 1.54) is 12.0 Å². The minimum absolute atomic E-state index is 0.136. The second-order valence-corrected chi connectivity index (χ2v) is 8.64. The van der Waals surface area contributed by atoms with Gasteiger partial charge in [-0.2, -0.15) is 0 Å². The number of methoxy groups -OCH3 is 1. The highest BCUT2D eigenvalue weighted by molar-refractivity contribution is 5.76. The van der Waals surface area contributed by atoms with Crippen molar-refractivity contribution in [1.29, 1.82) is 0 Å². The summed E-state index contributed by atoms with van der Waals surface area (Å²) in [4.78, 5) is 25.3. The fraction of sp³-hybridized carbons (Fsp3) is 0.481. The normalized spacial score (nSPS) is 14.9. The number of carbonyl (C=O) groups is 2. The zero-order valence-corrected chi connectivity index (χ0v) is 19.9. The van der Waals surface area contributed by atoms with E-state index in [2.05, 4.69) is 11.0 Å². The van der Waals surface area contributed by atoms with Gasteiger partial charge in [-0.25, -0.2) is 0 Å². The second kappa shape index (κ2) is 13.6. The number of rotatable bonds is 13. The van der Waals surface area contributed by atoms with E-state index in [1.54, 1.807) is 7.11 Å². The molecule has 1 fully saturated rings. The fourth-order valence-electron chi connectivity index (χ4n) is 4.15. The van der Waals surface area contributed by atoms with Crippen LogP contribution < -0.4 is 9.47 Å². The largest absolute Gasteiger partial charge is 0.497 e. The number of ether oxygens (including phenoxy) is 3. The highest BCUT2D eigenvalue weighted by Gasteiger charge is 2.21. The molecule has 184 valence electrons. The Morgan fingerprint density at radius 1 is 1.00 bits per heavy atom. The number of esters is 1. The Morgan fingerprint density at radius 3 is 2.56 bits per heavy atom. The lowest BCUT2D eigenvalue weighted by atomic mass is 10.0. The maximum absolute atomic E-state index is 12.2. The van der Waals surface area contributed by atoms with Crippen LogP contribution in [0.15, 0.2) is 48.5 Å². The minimum atomic E-state index is -1.01. The van der Waals surface area contributed by atoms with Crippen LogP contribution in [0.25, 0.3) is 0 Å². The fourth-order valence-corrected chi connectivity index (χ4v) is 4.15. The maximum Gasteiger partial charge on any atom is 0.306 e. The van der Waals surface area contributed by atoms with Gasteiger partial charge >= 0.3 is 11.9 Å². The molecule has 0 amide bonds. The van der Waals surface area contributed by atoms with Crippen molar-refractivity contribution < 1.29 is 28.9 Å². The van der Waals surface area contributed by atoms with E-state index in [9.17, 15) is 9.59 Å². The highest BCUT2D eigenvalue weighted by atomic mass is 16.6. The molecule has 0 saturated carbocycles. The van der Waals surface area contributed by atoms with Gasteiger partial charge in [-0.3, -0.25) is 14.5 Å². The number of nitrogens with zero attached hydrogens (tertiary/aromatic N) is 1. The molecule has 1 N–H and O–H groups in total. The van der Waals surface area contributed by atoms with Crippen LogP contribution in [0.3, 0.4) is 0 Å². The van der Waals surface area contributed by atoms with Gasteiger partial charge in [-0.1, -0.05) is 36.8 Å². The van der Waals surface area contributed by atoms with Gasteiger partial charge in [0.05, 0.1) is 20.0 Å². The molecule has 0 spiro atoms. The van der Waals surface area contributed by atoms with Gasteiger partial charge in [0.25, 0.3) is 0 Å². The molecular weight excluding hydrogens is 434 g/mol. The summed E-state index contributed by atoms with van der Waals surface area (Å²) in [6, 6.07) is 15.9. The Balaban J connectivity index is 1.61. The molecule has 2 aromatic carbocycles. The van der Waals surface area contributed by atoms with E-state index in [4.69, 9.17) is 19.3 Å². The number of para-hydroxylation sites is 1. The van der Waals surface area contributed by atoms with Crippen LogP contribution in [-0.4, -0.2) is 61.4 Å². The molecule has 1 saturated heterocycles. The molecule has 2 aromatic rings. The standard InChI is InChI=1S/C27H35NO6/c1-32-23-10-7-8-21(18-23)12-13-22-9-3-4-11-25(22)33-20-24(19-28-16-5-2-6-17-28)34-27(31)15-14-26(29)30/h3-4,7-11,18,24H,2,5-6,12-17,19-20H2,1H3,(H,29,30).